The number of hydrogen-bond donors (Lipinski definition) is 1. The predicted molar refractivity (Wildman–Crippen MR) is 80.8 cm³/mol. The van der Waals surface area contributed by atoms with Crippen LogP contribution in [-0.4, -0.2) is 28.7 Å². The highest BCUT2D eigenvalue weighted by Crippen LogP contribution is 2.33. The Kier molecular flexibility index (Phi) is 3.64. The standard InChI is InChI=1S/C13H14BrN3O2S/c14-9-6-10(20-8-9)7-15-17-11(18)13(16-12(17)19)4-2-1-3-5-13/h6-8H,1-5H2,(H,16,19)/b15-7-. The van der Waals surface area contributed by atoms with Crippen LogP contribution in [0.1, 0.15) is 37.0 Å². The highest BCUT2D eigenvalue weighted by atomic mass is 79.9. The van der Waals surface area contributed by atoms with Gasteiger partial charge in [-0.3, -0.25) is 4.79 Å². The summed E-state index contributed by atoms with van der Waals surface area (Å²) in [4.78, 5) is 25.3. The van der Waals surface area contributed by atoms with Crippen LogP contribution in [0.25, 0.3) is 0 Å². The molecule has 3 amide bonds. The van der Waals surface area contributed by atoms with Crippen molar-refractivity contribution >= 4 is 45.4 Å². The molecule has 1 aromatic rings. The molecule has 0 bridgehead atoms. The molecule has 20 heavy (non-hydrogen) atoms. The van der Waals surface area contributed by atoms with Crippen LogP contribution in [0.15, 0.2) is 21.0 Å². The van der Waals surface area contributed by atoms with E-state index in [2.05, 4.69) is 26.3 Å². The van der Waals surface area contributed by atoms with Gasteiger partial charge in [0.1, 0.15) is 5.54 Å². The lowest BCUT2D eigenvalue weighted by Gasteiger charge is -2.29. The van der Waals surface area contributed by atoms with Gasteiger partial charge < -0.3 is 5.32 Å². The summed E-state index contributed by atoms with van der Waals surface area (Å²) in [5.41, 5.74) is -0.706. The van der Waals surface area contributed by atoms with Gasteiger partial charge in [-0.25, -0.2) is 4.79 Å². The molecule has 2 fully saturated rings. The topological polar surface area (TPSA) is 61.8 Å². The zero-order valence-corrected chi connectivity index (χ0v) is 13.2. The fourth-order valence-corrected chi connectivity index (χ4v) is 4.01. The molecular formula is C13H14BrN3O2S. The van der Waals surface area contributed by atoms with Gasteiger partial charge in [0.05, 0.1) is 6.21 Å². The molecule has 1 saturated carbocycles. The number of thiophene rings is 1. The minimum Gasteiger partial charge on any atom is -0.321 e. The van der Waals surface area contributed by atoms with Crippen molar-refractivity contribution in [3.8, 4) is 0 Å². The highest BCUT2D eigenvalue weighted by molar-refractivity contribution is 9.10. The zero-order chi connectivity index (χ0) is 14.2. The first kappa shape index (κ1) is 13.8. The number of hydrazone groups is 1. The summed E-state index contributed by atoms with van der Waals surface area (Å²) in [6.45, 7) is 0. The van der Waals surface area contributed by atoms with E-state index in [4.69, 9.17) is 0 Å². The first-order valence-electron chi connectivity index (χ1n) is 6.55. The van der Waals surface area contributed by atoms with Crippen molar-refractivity contribution in [1.29, 1.82) is 0 Å². The first-order chi connectivity index (χ1) is 9.61. The lowest BCUT2D eigenvalue weighted by atomic mass is 9.82. The normalized spacial score (nSPS) is 21.9. The van der Waals surface area contributed by atoms with E-state index in [1.54, 1.807) is 6.21 Å². The van der Waals surface area contributed by atoms with E-state index >= 15 is 0 Å². The van der Waals surface area contributed by atoms with Gasteiger partial charge in [0.25, 0.3) is 5.91 Å². The Morgan fingerprint density at radius 1 is 1.35 bits per heavy atom. The van der Waals surface area contributed by atoms with Crippen LogP contribution in [0.4, 0.5) is 4.79 Å². The third-order valence-corrected chi connectivity index (χ3v) is 5.36. The number of imide groups is 1. The summed E-state index contributed by atoms with van der Waals surface area (Å²) in [6, 6.07) is 1.48. The van der Waals surface area contributed by atoms with Gasteiger partial charge >= 0.3 is 6.03 Å². The molecule has 1 saturated heterocycles. The SMILES string of the molecule is O=C1NC2(CCCCC2)C(=O)N1/N=C\c1cc(Br)cs1. The van der Waals surface area contributed by atoms with Crippen molar-refractivity contribution in [1.82, 2.24) is 10.3 Å². The van der Waals surface area contributed by atoms with Crippen molar-refractivity contribution in [2.24, 2.45) is 5.10 Å². The van der Waals surface area contributed by atoms with E-state index in [1.807, 2.05) is 11.4 Å². The second-order valence-corrected chi connectivity index (χ2v) is 6.96. The Hall–Kier alpha value is -1.21. The third-order valence-electron chi connectivity index (χ3n) is 3.74. The van der Waals surface area contributed by atoms with Crippen molar-refractivity contribution in [2.45, 2.75) is 37.6 Å². The fourth-order valence-electron chi connectivity index (χ4n) is 2.72. The summed E-state index contributed by atoms with van der Waals surface area (Å²) in [6.07, 6.45) is 6.05. The molecule has 106 valence electrons. The summed E-state index contributed by atoms with van der Waals surface area (Å²) in [7, 11) is 0. The van der Waals surface area contributed by atoms with E-state index in [0.29, 0.717) is 12.8 Å². The molecule has 1 N–H and O–H groups in total. The van der Waals surface area contributed by atoms with Crippen LogP contribution in [0.2, 0.25) is 0 Å². The number of amides is 3. The molecule has 1 aliphatic carbocycles. The van der Waals surface area contributed by atoms with Crippen molar-refractivity contribution in [2.75, 3.05) is 0 Å². The Labute approximate surface area is 129 Å². The van der Waals surface area contributed by atoms with Crippen molar-refractivity contribution < 1.29 is 9.59 Å². The van der Waals surface area contributed by atoms with E-state index in [9.17, 15) is 9.59 Å². The van der Waals surface area contributed by atoms with Crippen LogP contribution in [0.5, 0.6) is 0 Å². The van der Waals surface area contributed by atoms with Gasteiger partial charge in [0.2, 0.25) is 0 Å². The first-order valence-corrected chi connectivity index (χ1v) is 8.23. The van der Waals surface area contributed by atoms with Gasteiger partial charge in [0, 0.05) is 14.7 Å². The van der Waals surface area contributed by atoms with E-state index in [-0.39, 0.29) is 5.91 Å². The molecule has 5 nitrogen and oxygen atoms in total. The number of carbonyl (C=O) groups excluding carboxylic acids is 2. The largest absolute Gasteiger partial charge is 0.346 e. The van der Waals surface area contributed by atoms with Gasteiger partial charge in [0.15, 0.2) is 0 Å². The Morgan fingerprint density at radius 2 is 2.10 bits per heavy atom. The number of halogens is 1. The smallest absolute Gasteiger partial charge is 0.321 e. The van der Waals surface area contributed by atoms with Gasteiger partial charge in [-0.15, -0.1) is 16.3 Å². The molecule has 1 spiro atoms. The number of nitrogens with zero attached hydrogens (tertiary/aromatic N) is 2. The average Bonchev–Trinajstić information content (AvgIpc) is 2.93. The minimum atomic E-state index is -0.706. The highest BCUT2D eigenvalue weighted by Gasteiger charge is 2.51. The monoisotopic (exact) mass is 355 g/mol. The molecule has 0 unspecified atom stereocenters. The Morgan fingerprint density at radius 3 is 2.75 bits per heavy atom. The number of carbonyl (C=O) groups is 2. The predicted octanol–water partition coefficient (Wildman–Crippen LogP) is 3.10. The quantitative estimate of drug-likeness (QED) is 0.654. The molecule has 2 heterocycles. The van der Waals surface area contributed by atoms with Gasteiger partial charge in [-0.1, -0.05) is 19.3 Å². The molecule has 0 atom stereocenters. The minimum absolute atomic E-state index is 0.214. The Balaban J connectivity index is 1.78. The number of urea groups is 1. The van der Waals surface area contributed by atoms with Gasteiger partial charge in [-0.05, 0) is 34.8 Å². The van der Waals surface area contributed by atoms with Crippen LogP contribution in [-0.2, 0) is 4.79 Å². The summed E-state index contributed by atoms with van der Waals surface area (Å²) >= 11 is 4.85. The molecular weight excluding hydrogens is 342 g/mol. The molecule has 1 aromatic heterocycles. The van der Waals surface area contributed by atoms with Crippen LogP contribution >= 0.6 is 27.3 Å². The van der Waals surface area contributed by atoms with Gasteiger partial charge in [-0.2, -0.15) is 5.10 Å². The van der Waals surface area contributed by atoms with E-state index in [0.717, 1.165) is 33.6 Å². The average molecular weight is 356 g/mol. The summed E-state index contributed by atoms with van der Waals surface area (Å²) in [5, 5.41) is 9.78. The van der Waals surface area contributed by atoms with E-state index in [1.165, 1.54) is 11.3 Å². The molecule has 7 heteroatoms. The lowest BCUT2D eigenvalue weighted by Crippen LogP contribution is -2.48. The van der Waals surface area contributed by atoms with Crippen molar-refractivity contribution in [3.05, 3.63) is 20.8 Å². The molecule has 0 aromatic carbocycles. The fraction of sp³-hybridized carbons (Fsp3) is 0.462. The third kappa shape index (κ3) is 2.40. The maximum Gasteiger partial charge on any atom is 0.346 e. The summed E-state index contributed by atoms with van der Waals surface area (Å²) in [5.74, 6) is -0.214. The lowest BCUT2D eigenvalue weighted by molar-refractivity contribution is -0.132. The second-order valence-electron chi connectivity index (χ2n) is 5.10. The molecule has 0 radical (unpaired) electrons. The van der Waals surface area contributed by atoms with Crippen LogP contribution < -0.4 is 5.32 Å². The maximum atomic E-state index is 12.4. The Bertz CT molecular complexity index is 578. The van der Waals surface area contributed by atoms with E-state index < -0.39 is 11.6 Å². The van der Waals surface area contributed by atoms with Crippen LogP contribution in [0, 0.1) is 0 Å². The van der Waals surface area contributed by atoms with Crippen LogP contribution in [0.3, 0.4) is 0 Å². The molecule has 3 rings (SSSR count). The maximum absolute atomic E-state index is 12.4. The zero-order valence-electron chi connectivity index (χ0n) is 10.8. The van der Waals surface area contributed by atoms with Crippen molar-refractivity contribution in [3.63, 3.8) is 0 Å². The number of rotatable bonds is 2. The second kappa shape index (κ2) is 5.29. The molecule has 2 aliphatic rings. The number of nitrogens with one attached hydrogen (secondary N) is 1. The molecule has 1 aliphatic heterocycles. The number of hydrogen-bond acceptors (Lipinski definition) is 4. The summed E-state index contributed by atoms with van der Waals surface area (Å²) < 4.78 is 0.963.